The fourth-order valence-corrected chi connectivity index (χ4v) is 2.72. The molecule has 0 saturated heterocycles. The van der Waals surface area contributed by atoms with Crippen molar-refractivity contribution >= 4 is 22.6 Å². The second kappa shape index (κ2) is 10.2. The first-order chi connectivity index (χ1) is 14.9. The van der Waals surface area contributed by atoms with E-state index in [-0.39, 0.29) is 0 Å². The largest absolute Gasteiger partial charge is 0.394 e. The fraction of sp³-hybridized carbons (Fsp3) is 0. The van der Waals surface area contributed by atoms with Gasteiger partial charge in [-0.05, 0) is 33.7 Å². The minimum atomic E-state index is -4.67. The molecule has 0 aliphatic rings. The van der Waals surface area contributed by atoms with E-state index < -0.39 is 10.4 Å². The molecule has 0 radical (unpaired) electrons. The second-order valence-electron chi connectivity index (χ2n) is 5.97. The maximum absolute atomic E-state index is 8.74. The van der Waals surface area contributed by atoms with Crippen LogP contribution in [0.25, 0.3) is 34.7 Å². The monoisotopic (exact) mass is 436 g/mol. The molecule has 0 aliphatic carbocycles. The van der Waals surface area contributed by atoms with Gasteiger partial charge in [0.1, 0.15) is 0 Å². The first-order valence-corrected chi connectivity index (χ1v) is 10.2. The minimum Gasteiger partial charge on any atom is -0.264 e. The highest BCUT2D eigenvalue weighted by molar-refractivity contribution is 7.79. The molecule has 0 unspecified atom stereocenters. The lowest BCUT2D eigenvalue weighted by Crippen LogP contribution is -1.97. The van der Waals surface area contributed by atoms with Crippen molar-refractivity contribution < 1.29 is 17.5 Å². The second-order valence-corrected chi connectivity index (χ2v) is 6.87. The maximum Gasteiger partial charge on any atom is 0.394 e. The Morgan fingerprint density at radius 2 is 1.32 bits per heavy atom. The molecule has 2 aromatic carbocycles. The number of benzene rings is 2. The Kier molecular flexibility index (Phi) is 7.17. The van der Waals surface area contributed by atoms with E-state index in [1.807, 2.05) is 48.5 Å². The first kappa shape index (κ1) is 21.8. The lowest BCUT2D eigenvalue weighted by atomic mass is 9.95. The lowest BCUT2D eigenvalue weighted by Gasteiger charge is -2.11. The molecule has 2 N–H and O–H groups in total. The third kappa shape index (κ3) is 6.82. The summed E-state index contributed by atoms with van der Waals surface area (Å²) >= 11 is 0. The molecular weight excluding hydrogens is 420 g/mol. The summed E-state index contributed by atoms with van der Waals surface area (Å²) in [7, 11) is -4.67. The summed E-state index contributed by atoms with van der Waals surface area (Å²) in [5.74, 6) is 0. The van der Waals surface area contributed by atoms with Crippen LogP contribution in [0.2, 0.25) is 0 Å². The van der Waals surface area contributed by atoms with Crippen LogP contribution in [0.5, 0.6) is 0 Å². The molecule has 10 nitrogen and oxygen atoms in total. The smallest absolute Gasteiger partial charge is 0.264 e. The minimum absolute atomic E-state index is 0.724. The van der Waals surface area contributed by atoms with Gasteiger partial charge in [0.2, 0.25) is 0 Å². The van der Waals surface area contributed by atoms with E-state index in [4.69, 9.17) is 17.5 Å². The van der Waals surface area contributed by atoms with E-state index >= 15 is 0 Å². The Bertz CT molecular complexity index is 1250. The molecule has 0 spiro atoms. The Labute approximate surface area is 177 Å². The van der Waals surface area contributed by atoms with Gasteiger partial charge in [-0.1, -0.05) is 60.7 Å². The molecule has 4 rings (SSSR count). The van der Waals surface area contributed by atoms with Crippen LogP contribution < -0.4 is 0 Å². The van der Waals surface area contributed by atoms with Gasteiger partial charge in [-0.15, -0.1) is 20.4 Å². The summed E-state index contributed by atoms with van der Waals surface area (Å²) in [5.41, 5.74) is 5.41. The first-order valence-electron chi connectivity index (χ1n) is 8.77. The van der Waals surface area contributed by atoms with Crippen molar-refractivity contribution in [2.24, 2.45) is 0 Å². The highest BCUT2D eigenvalue weighted by Gasteiger charge is 2.14. The van der Waals surface area contributed by atoms with Crippen molar-refractivity contribution in [2.45, 2.75) is 0 Å². The van der Waals surface area contributed by atoms with E-state index in [2.05, 4.69) is 55.1 Å². The number of aromatic nitrogens is 6. The normalized spacial score (nSPS) is 11.0. The third-order valence-electron chi connectivity index (χ3n) is 3.89. The quantitative estimate of drug-likeness (QED) is 0.361. The number of rotatable bonds is 4. The van der Waals surface area contributed by atoms with Gasteiger partial charge >= 0.3 is 10.4 Å². The molecule has 0 fully saturated rings. The molecule has 0 atom stereocenters. The van der Waals surface area contributed by atoms with Gasteiger partial charge in [-0.25, -0.2) is 0 Å². The van der Waals surface area contributed by atoms with E-state index in [0.717, 1.165) is 33.6 Å². The van der Waals surface area contributed by atoms with Crippen molar-refractivity contribution in [3.8, 4) is 22.5 Å². The van der Waals surface area contributed by atoms with Crippen LogP contribution >= 0.6 is 0 Å². The van der Waals surface area contributed by atoms with Crippen molar-refractivity contribution in [2.75, 3.05) is 0 Å². The van der Waals surface area contributed by atoms with Crippen molar-refractivity contribution in [1.29, 1.82) is 0 Å². The number of hydrogen-bond donors (Lipinski definition) is 2. The van der Waals surface area contributed by atoms with Gasteiger partial charge in [0.15, 0.2) is 0 Å². The summed E-state index contributed by atoms with van der Waals surface area (Å²) in [4.78, 5) is 0. The molecule has 156 valence electrons. The van der Waals surface area contributed by atoms with Crippen molar-refractivity contribution in [1.82, 2.24) is 30.8 Å². The van der Waals surface area contributed by atoms with Crippen molar-refractivity contribution in [3.05, 3.63) is 84.2 Å². The third-order valence-corrected chi connectivity index (χ3v) is 3.89. The standard InChI is InChI=1S/C20H14N6.H2O4S/c1-2-5-15(6-3-1)9-10-16-7-4-8-17(18-11-13-21-25-23-18)20(16)19-12-14-22-26-24-19;1-5(2,3)4/h1-14H;(H2,1,2,3,4). The van der Waals surface area contributed by atoms with Crippen LogP contribution in [-0.4, -0.2) is 48.3 Å². The van der Waals surface area contributed by atoms with Crippen LogP contribution in [-0.2, 0) is 10.4 Å². The van der Waals surface area contributed by atoms with Gasteiger partial charge in [-0.2, -0.15) is 8.42 Å². The van der Waals surface area contributed by atoms with Gasteiger partial charge in [0, 0.05) is 11.1 Å². The summed E-state index contributed by atoms with van der Waals surface area (Å²) in [6, 6.07) is 19.8. The fourth-order valence-electron chi connectivity index (χ4n) is 2.72. The Hall–Kier alpha value is -3.93. The van der Waals surface area contributed by atoms with Crippen LogP contribution in [0.3, 0.4) is 0 Å². The topological polar surface area (TPSA) is 152 Å². The zero-order valence-corrected chi connectivity index (χ0v) is 16.7. The highest BCUT2D eigenvalue weighted by atomic mass is 32.3. The molecule has 11 heteroatoms. The van der Waals surface area contributed by atoms with Crippen molar-refractivity contribution in [3.63, 3.8) is 0 Å². The average molecular weight is 436 g/mol. The molecule has 0 amide bonds. The van der Waals surface area contributed by atoms with E-state index in [1.54, 1.807) is 12.4 Å². The van der Waals surface area contributed by atoms with Gasteiger partial charge in [0.25, 0.3) is 0 Å². The van der Waals surface area contributed by atoms with E-state index in [9.17, 15) is 0 Å². The maximum atomic E-state index is 8.74. The van der Waals surface area contributed by atoms with Crippen LogP contribution in [0.15, 0.2) is 73.1 Å². The van der Waals surface area contributed by atoms with Gasteiger partial charge in [-0.3, -0.25) is 9.11 Å². The van der Waals surface area contributed by atoms with Gasteiger partial charge < -0.3 is 0 Å². The molecule has 0 aliphatic heterocycles. The van der Waals surface area contributed by atoms with Crippen LogP contribution in [0, 0.1) is 0 Å². The Morgan fingerprint density at radius 1 is 0.710 bits per heavy atom. The zero-order valence-electron chi connectivity index (χ0n) is 15.9. The summed E-state index contributed by atoms with van der Waals surface area (Å²) < 4.78 is 31.6. The highest BCUT2D eigenvalue weighted by Crippen LogP contribution is 2.33. The zero-order chi connectivity index (χ0) is 22.1. The van der Waals surface area contributed by atoms with E-state index in [1.165, 1.54) is 0 Å². The molecule has 2 aromatic heterocycles. The molecule has 0 saturated carbocycles. The molecule has 2 heterocycles. The summed E-state index contributed by atoms with van der Waals surface area (Å²) in [6.45, 7) is 0. The van der Waals surface area contributed by atoms with Gasteiger partial charge in [0.05, 0.1) is 23.8 Å². The SMILES string of the molecule is C(=Cc1cccc(-c2ccnnn2)c1-c1ccnnn1)c1ccccc1.O=S(=O)(O)O. The number of nitrogens with zero attached hydrogens (tertiary/aromatic N) is 6. The van der Waals surface area contributed by atoms with Crippen LogP contribution in [0.1, 0.15) is 11.1 Å². The van der Waals surface area contributed by atoms with Crippen LogP contribution in [0.4, 0.5) is 0 Å². The Morgan fingerprint density at radius 3 is 1.90 bits per heavy atom. The Balaban J connectivity index is 0.000000491. The lowest BCUT2D eigenvalue weighted by molar-refractivity contribution is 0.381. The molecule has 0 bridgehead atoms. The molecule has 31 heavy (non-hydrogen) atoms. The molecule has 4 aromatic rings. The summed E-state index contributed by atoms with van der Waals surface area (Å²) in [6.07, 6.45) is 7.37. The average Bonchev–Trinajstić information content (AvgIpc) is 2.78. The predicted octanol–water partition coefficient (Wildman–Crippen LogP) is 2.91. The summed E-state index contributed by atoms with van der Waals surface area (Å²) in [5, 5.41) is 23.4. The predicted molar refractivity (Wildman–Crippen MR) is 114 cm³/mol. The van der Waals surface area contributed by atoms with E-state index in [0.29, 0.717) is 0 Å². The number of hydrogen-bond acceptors (Lipinski definition) is 8. The molecular formula is C20H16N6O4S.